The average molecular weight is 453 g/mol. The summed E-state index contributed by atoms with van der Waals surface area (Å²) in [6.07, 6.45) is 0. The van der Waals surface area contributed by atoms with Gasteiger partial charge in [0.05, 0.1) is 5.41 Å². The SMILES string of the molecule is C/C(=C\S(=O)(=O)N(C(=O)Nc1ccccc1)C(=O)Nc1ccccc1)c1ccc(F)cc1. The fourth-order valence-electron chi connectivity index (χ4n) is 2.77. The quantitative estimate of drug-likeness (QED) is 0.549. The van der Waals surface area contributed by atoms with Gasteiger partial charge in [0, 0.05) is 11.4 Å². The van der Waals surface area contributed by atoms with Gasteiger partial charge in [-0.1, -0.05) is 48.5 Å². The third kappa shape index (κ3) is 5.79. The van der Waals surface area contributed by atoms with Gasteiger partial charge in [0.25, 0.3) is 10.0 Å². The molecule has 0 saturated heterocycles. The van der Waals surface area contributed by atoms with E-state index in [0.717, 1.165) is 5.41 Å². The standard InChI is InChI=1S/C23H20FN3O4S/c1-17(18-12-14-19(24)15-13-18)16-32(30,31)27(22(28)25-20-8-4-2-5-9-20)23(29)26-21-10-6-3-7-11-21/h2-16H,1H3,(H,25,28)(H,26,29)/b17-16+. The van der Waals surface area contributed by atoms with Gasteiger partial charge in [0.15, 0.2) is 0 Å². The monoisotopic (exact) mass is 453 g/mol. The Labute approximate surface area is 185 Å². The van der Waals surface area contributed by atoms with Crippen LogP contribution in [0.4, 0.5) is 25.4 Å². The van der Waals surface area contributed by atoms with E-state index in [0.29, 0.717) is 16.9 Å². The van der Waals surface area contributed by atoms with Crippen molar-refractivity contribution in [2.24, 2.45) is 0 Å². The number of amides is 4. The zero-order chi connectivity index (χ0) is 23.1. The number of anilines is 2. The molecule has 0 aliphatic heterocycles. The molecule has 0 heterocycles. The number of carbonyl (C=O) groups excluding carboxylic acids is 2. The number of benzene rings is 3. The summed E-state index contributed by atoms with van der Waals surface area (Å²) < 4.78 is 39.5. The lowest BCUT2D eigenvalue weighted by Crippen LogP contribution is -2.45. The topological polar surface area (TPSA) is 95.6 Å². The van der Waals surface area contributed by atoms with Gasteiger partial charge in [-0.2, -0.15) is 0 Å². The lowest BCUT2D eigenvalue weighted by molar-refractivity contribution is 0.223. The minimum atomic E-state index is -4.57. The number of para-hydroxylation sites is 2. The zero-order valence-corrected chi connectivity index (χ0v) is 17.8. The second-order valence-corrected chi connectivity index (χ2v) is 8.34. The predicted molar refractivity (Wildman–Crippen MR) is 122 cm³/mol. The first-order valence-corrected chi connectivity index (χ1v) is 11.0. The van der Waals surface area contributed by atoms with Crippen LogP contribution in [-0.4, -0.2) is 24.8 Å². The van der Waals surface area contributed by atoms with Crippen molar-refractivity contribution in [1.29, 1.82) is 0 Å². The van der Waals surface area contributed by atoms with E-state index in [9.17, 15) is 22.4 Å². The smallest absolute Gasteiger partial charge is 0.307 e. The molecule has 0 atom stereocenters. The summed E-state index contributed by atoms with van der Waals surface area (Å²) in [5.74, 6) is -0.476. The first-order valence-electron chi connectivity index (χ1n) is 9.48. The summed E-state index contributed by atoms with van der Waals surface area (Å²) in [4.78, 5) is 25.7. The van der Waals surface area contributed by atoms with Crippen LogP contribution >= 0.6 is 0 Å². The van der Waals surface area contributed by atoms with E-state index < -0.39 is 27.9 Å². The maximum absolute atomic E-state index is 13.2. The fraction of sp³-hybridized carbons (Fsp3) is 0.0435. The van der Waals surface area contributed by atoms with E-state index in [1.165, 1.54) is 31.2 Å². The molecule has 9 heteroatoms. The number of carbonyl (C=O) groups is 2. The lowest BCUT2D eigenvalue weighted by atomic mass is 10.1. The average Bonchev–Trinajstić information content (AvgIpc) is 2.75. The summed E-state index contributed by atoms with van der Waals surface area (Å²) >= 11 is 0. The Hall–Kier alpha value is -3.98. The lowest BCUT2D eigenvalue weighted by Gasteiger charge is -2.20. The Morgan fingerprint density at radius 2 is 1.22 bits per heavy atom. The molecule has 0 aromatic heterocycles. The maximum atomic E-state index is 13.2. The highest BCUT2D eigenvalue weighted by Gasteiger charge is 2.33. The van der Waals surface area contributed by atoms with Crippen molar-refractivity contribution < 1.29 is 22.4 Å². The summed E-state index contributed by atoms with van der Waals surface area (Å²) in [7, 11) is -4.57. The summed E-state index contributed by atoms with van der Waals surface area (Å²) in [6.45, 7) is 1.48. The molecule has 0 unspecified atom stereocenters. The minimum absolute atomic E-state index is 0.111. The summed E-state index contributed by atoms with van der Waals surface area (Å²) in [5, 5.41) is 5.59. The largest absolute Gasteiger partial charge is 0.344 e. The van der Waals surface area contributed by atoms with Crippen molar-refractivity contribution in [2.45, 2.75) is 6.92 Å². The maximum Gasteiger partial charge on any atom is 0.344 e. The molecule has 3 aromatic rings. The normalized spacial score (nSPS) is 11.5. The molecular formula is C23H20FN3O4S. The molecule has 0 aliphatic carbocycles. The van der Waals surface area contributed by atoms with E-state index in [-0.39, 0.29) is 9.88 Å². The van der Waals surface area contributed by atoms with E-state index in [1.54, 1.807) is 60.7 Å². The Morgan fingerprint density at radius 3 is 1.66 bits per heavy atom. The van der Waals surface area contributed by atoms with Crippen LogP contribution in [0.25, 0.3) is 5.57 Å². The molecule has 3 rings (SSSR count). The summed E-state index contributed by atoms with van der Waals surface area (Å²) in [5.41, 5.74) is 1.26. The molecular weight excluding hydrogens is 433 g/mol. The van der Waals surface area contributed by atoms with Crippen molar-refractivity contribution in [2.75, 3.05) is 10.6 Å². The molecule has 164 valence electrons. The van der Waals surface area contributed by atoms with Gasteiger partial charge in [-0.15, -0.1) is 4.31 Å². The van der Waals surface area contributed by atoms with Crippen LogP contribution in [0.3, 0.4) is 0 Å². The van der Waals surface area contributed by atoms with Gasteiger partial charge in [-0.05, 0) is 54.5 Å². The number of hydrogen-bond donors (Lipinski definition) is 2. The van der Waals surface area contributed by atoms with Crippen LogP contribution in [0.5, 0.6) is 0 Å². The highest BCUT2D eigenvalue weighted by Crippen LogP contribution is 2.20. The highest BCUT2D eigenvalue weighted by atomic mass is 32.2. The number of imide groups is 1. The number of rotatable bonds is 5. The Morgan fingerprint density at radius 1 is 0.781 bits per heavy atom. The van der Waals surface area contributed by atoms with E-state index in [2.05, 4.69) is 10.6 Å². The highest BCUT2D eigenvalue weighted by molar-refractivity contribution is 7.93. The number of sulfonamides is 1. The second-order valence-electron chi connectivity index (χ2n) is 6.71. The van der Waals surface area contributed by atoms with Gasteiger partial charge < -0.3 is 10.6 Å². The number of halogens is 1. The van der Waals surface area contributed by atoms with Crippen molar-refractivity contribution in [3.8, 4) is 0 Å². The number of nitrogens with zero attached hydrogens (tertiary/aromatic N) is 1. The number of allylic oxidation sites excluding steroid dienone is 1. The first kappa shape index (κ1) is 22.7. The van der Waals surface area contributed by atoms with Gasteiger partial charge in [0.2, 0.25) is 0 Å². The first-order chi connectivity index (χ1) is 15.3. The van der Waals surface area contributed by atoms with Crippen molar-refractivity contribution in [3.05, 3.63) is 102 Å². The molecule has 3 aromatic carbocycles. The Kier molecular flexibility index (Phi) is 7.01. The molecule has 7 nitrogen and oxygen atoms in total. The molecule has 0 bridgehead atoms. The zero-order valence-electron chi connectivity index (χ0n) is 17.0. The van der Waals surface area contributed by atoms with Gasteiger partial charge in [0.1, 0.15) is 5.82 Å². The third-order valence-electron chi connectivity index (χ3n) is 4.30. The molecule has 0 radical (unpaired) electrons. The van der Waals surface area contributed by atoms with Crippen molar-refractivity contribution >= 4 is 39.0 Å². The third-order valence-corrected chi connectivity index (χ3v) is 5.79. The molecule has 0 spiro atoms. The molecule has 32 heavy (non-hydrogen) atoms. The van der Waals surface area contributed by atoms with Crippen LogP contribution in [0.1, 0.15) is 12.5 Å². The van der Waals surface area contributed by atoms with Gasteiger partial charge in [-0.3, -0.25) is 0 Å². The van der Waals surface area contributed by atoms with Crippen LogP contribution in [0.2, 0.25) is 0 Å². The number of hydrogen-bond acceptors (Lipinski definition) is 4. The Balaban J connectivity index is 1.95. The second kappa shape index (κ2) is 9.88. The summed E-state index contributed by atoms with van der Waals surface area (Å²) in [6, 6.07) is 19.1. The Bertz CT molecular complexity index is 1180. The van der Waals surface area contributed by atoms with Crippen LogP contribution < -0.4 is 10.6 Å². The molecule has 0 aliphatic rings. The van der Waals surface area contributed by atoms with E-state index in [1.807, 2.05) is 0 Å². The van der Waals surface area contributed by atoms with E-state index in [4.69, 9.17) is 0 Å². The molecule has 0 fully saturated rings. The fourth-order valence-corrected chi connectivity index (χ4v) is 4.01. The van der Waals surface area contributed by atoms with Crippen molar-refractivity contribution in [1.82, 2.24) is 4.31 Å². The van der Waals surface area contributed by atoms with Gasteiger partial charge >= 0.3 is 12.1 Å². The molecule has 0 saturated carbocycles. The van der Waals surface area contributed by atoms with Gasteiger partial charge in [-0.25, -0.2) is 22.4 Å². The van der Waals surface area contributed by atoms with Crippen molar-refractivity contribution in [3.63, 3.8) is 0 Å². The molecule has 4 amide bonds. The van der Waals surface area contributed by atoms with Crippen LogP contribution in [0.15, 0.2) is 90.3 Å². The number of urea groups is 2. The predicted octanol–water partition coefficient (Wildman–Crippen LogP) is 5.28. The minimum Gasteiger partial charge on any atom is -0.307 e. The van der Waals surface area contributed by atoms with E-state index >= 15 is 0 Å². The van der Waals surface area contributed by atoms with Crippen LogP contribution in [0, 0.1) is 5.82 Å². The molecule has 2 N–H and O–H groups in total. The number of nitrogens with one attached hydrogen (secondary N) is 2. The van der Waals surface area contributed by atoms with Crippen LogP contribution in [-0.2, 0) is 10.0 Å².